The molecule has 2 aliphatic heterocycles. The fourth-order valence-electron chi connectivity index (χ4n) is 3.09. The third kappa shape index (κ3) is 2.47. The van der Waals surface area contributed by atoms with Crippen LogP contribution in [-0.2, 0) is 10.0 Å². The molecule has 0 atom stereocenters. The van der Waals surface area contributed by atoms with E-state index >= 15 is 0 Å². The van der Waals surface area contributed by atoms with Gasteiger partial charge in [-0.15, -0.1) is 4.40 Å². The highest BCUT2D eigenvalue weighted by molar-refractivity contribution is 7.90. The summed E-state index contributed by atoms with van der Waals surface area (Å²) in [4.78, 5) is 2.35. The van der Waals surface area contributed by atoms with Crippen LogP contribution in [0.5, 0.6) is 0 Å². The highest BCUT2D eigenvalue weighted by atomic mass is 32.2. The molecule has 5 heteroatoms. The average Bonchev–Trinajstić information content (AvgIpc) is 2.88. The van der Waals surface area contributed by atoms with Gasteiger partial charge in [0, 0.05) is 18.7 Å². The maximum Gasteiger partial charge on any atom is 0.285 e. The van der Waals surface area contributed by atoms with Crippen LogP contribution in [0.4, 0.5) is 0 Å². The van der Waals surface area contributed by atoms with Crippen LogP contribution < -0.4 is 0 Å². The van der Waals surface area contributed by atoms with Gasteiger partial charge in [0.2, 0.25) is 0 Å². The summed E-state index contributed by atoms with van der Waals surface area (Å²) < 4.78 is 28.3. The molecule has 2 heterocycles. The fraction of sp³-hybridized carbons (Fsp3) is 0.167. The van der Waals surface area contributed by atoms with Gasteiger partial charge in [0.05, 0.1) is 0 Å². The molecule has 23 heavy (non-hydrogen) atoms. The third-order valence-electron chi connectivity index (χ3n) is 4.27. The Hall–Kier alpha value is -2.40. The molecule has 0 aromatic heterocycles. The summed E-state index contributed by atoms with van der Waals surface area (Å²) in [6, 6.07) is 17.3. The van der Waals surface area contributed by atoms with E-state index in [0.29, 0.717) is 22.8 Å². The number of amidine groups is 1. The Balaban J connectivity index is 1.64. The maximum atomic E-state index is 12.2. The van der Waals surface area contributed by atoms with Gasteiger partial charge in [-0.2, -0.15) is 8.42 Å². The Kier molecular flexibility index (Phi) is 3.31. The van der Waals surface area contributed by atoms with Gasteiger partial charge < -0.3 is 4.90 Å². The summed E-state index contributed by atoms with van der Waals surface area (Å²) in [5.41, 5.74) is 3.24. The van der Waals surface area contributed by atoms with Crippen LogP contribution in [0.2, 0.25) is 0 Å². The molecule has 0 saturated heterocycles. The van der Waals surface area contributed by atoms with E-state index in [0.717, 1.165) is 13.0 Å². The zero-order valence-corrected chi connectivity index (χ0v) is 13.3. The fourth-order valence-corrected chi connectivity index (χ4v) is 4.32. The van der Waals surface area contributed by atoms with Gasteiger partial charge in [0.15, 0.2) is 5.84 Å². The topological polar surface area (TPSA) is 49.7 Å². The summed E-state index contributed by atoms with van der Waals surface area (Å²) in [6.45, 7) is 1.44. The van der Waals surface area contributed by atoms with Crippen LogP contribution in [0.1, 0.15) is 17.5 Å². The number of sulfonamides is 1. The van der Waals surface area contributed by atoms with Gasteiger partial charge >= 0.3 is 0 Å². The molecule has 2 aliphatic rings. The standard InChI is InChI=1S/C18H16N2O2S/c21-23(22)17-9-5-4-8-16(17)18(19-23)20-12-10-15(11-13-20)14-6-2-1-3-7-14/h1-10H,11-13H2. The molecule has 0 N–H and O–H groups in total. The van der Waals surface area contributed by atoms with E-state index in [4.69, 9.17) is 0 Å². The molecule has 0 aliphatic carbocycles. The molecular formula is C18H16N2O2S. The van der Waals surface area contributed by atoms with E-state index in [9.17, 15) is 8.42 Å². The summed E-state index contributed by atoms with van der Waals surface area (Å²) >= 11 is 0. The van der Waals surface area contributed by atoms with Crippen molar-refractivity contribution >= 4 is 21.4 Å². The first-order chi connectivity index (χ1) is 11.1. The lowest BCUT2D eigenvalue weighted by Crippen LogP contribution is -2.34. The Morgan fingerprint density at radius 3 is 2.43 bits per heavy atom. The van der Waals surface area contributed by atoms with E-state index in [-0.39, 0.29) is 0 Å². The van der Waals surface area contributed by atoms with Crippen molar-refractivity contribution in [3.8, 4) is 0 Å². The van der Waals surface area contributed by atoms with Gasteiger partial charge in [-0.25, -0.2) is 0 Å². The summed E-state index contributed by atoms with van der Waals surface area (Å²) in [5, 5.41) is 0. The Labute approximate surface area is 135 Å². The van der Waals surface area contributed by atoms with Crippen molar-refractivity contribution in [3.63, 3.8) is 0 Å². The predicted molar refractivity (Wildman–Crippen MR) is 90.8 cm³/mol. The molecule has 0 fully saturated rings. The molecule has 4 nitrogen and oxygen atoms in total. The monoisotopic (exact) mass is 324 g/mol. The molecule has 0 amide bonds. The highest BCUT2D eigenvalue weighted by Crippen LogP contribution is 2.30. The first-order valence-electron chi connectivity index (χ1n) is 7.59. The van der Waals surface area contributed by atoms with Crippen LogP contribution in [0.15, 0.2) is 70.0 Å². The van der Waals surface area contributed by atoms with Crippen LogP contribution in [0, 0.1) is 0 Å². The van der Waals surface area contributed by atoms with E-state index in [1.165, 1.54) is 11.1 Å². The van der Waals surface area contributed by atoms with E-state index in [1.54, 1.807) is 12.1 Å². The van der Waals surface area contributed by atoms with Crippen molar-refractivity contribution in [2.24, 2.45) is 4.40 Å². The molecule has 0 bridgehead atoms. The van der Waals surface area contributed by atoms with E-state index in [1.807, 2.05) is 35.2 Å². The molecule has 2 aromatic rings. The lowest BCUT2D eigenvalue weighted by molar-refractivity contribution is 0.461. The van der Waals surface area contributed by atoms with Crippen molar-refractivity contribution in [2.45, 2.75) is 11.3 Å². The Morgan fingerprint density at radius 1 is 0.957 bits per heavy atom. The van der Waals surface area contributed by atoms with E-state index in [2.05, 4.69) is 22.6 Å². The third-order valence-corrected chi connectivity index (χ3v) is 5.59. The lowest BCUT2D eigenvalue weighted by Gasteiger charge is -2.28. The predicted octanol–water partition coefficient (Wildman–Crippen LogP) is 2.92. The van der Waals surface area contributed by atoms with Crippen molar-refractivity contribution < 1.29 is 8.42 Å². The van der Waals surface area contributed by atoms with E-state index < -0.39 is 10.0 Å². The quantitative estimate of drug-likeness (QED) is 0.810. The van der Waals surface area contributed by atoms with Crippen molar-refractivity contribution in [1.82, 2.24) is 4.90 Å². The second-order valence-corrected chi connectivity index (χ2v) is 7.25. The first kappa shape index (κ1) is 14.2. The van der Waals surface area contributed by atoms with Gasteiger partial charge in [-0.3, -0.25) is 0 Å². The SMILES string of the molecule is O=S1(=O)N=C(N2CC=C(c3ccccc3)CC2)c2ccccc21. The maximum absolute atomic E-state index is 12.2. The van der Waals surface area contributed by atoms with Crippen molar-refractivity contribution in [3.05, 3.63) is 71.8 Å². The molecule has 0 unspecified atom stereocenters. The molecule has 116 valence electrons. The molecule has 4 rings (SSSR count). The number of fused-ring (bicyclic) bond motifs is 1. The van der Waals surface area contributed by atoms with Crippen LogP contribution >= 0.6 is 0 Å². The smallest absolute Gasteiger partial charge is 0.285 e. The first-order valence-corrected chi connectivity index (χ1v) is 9.03. The second kappa shape index (κ2) is 5.35. The molecule has 0 spiro atoms. The zero-order chi connectivity index (χ0) is 15.9. The second-order valence-electron chi connectivity index (χ2n) is 5.68. The van der Waals surface area contributed by atoms with Gasteiger partial charge in [-0.05, 0) is 29.7 Å². The van der Waals surface area contributed by atoms with Gasteiger partial charge in [0.1, 0.15) is 4.90 Å². The highest BCUT2D eigenvalue weighted by Gasteiger charge is 2.31. The molecular weight excluding hydrogens is 308 g/mol. The Morgan fingerprint density at radius 2 is 1.70 bits per heavy atom. The number of benzene rings is 2. The molecule has 0 saturated carbocycles. The zero-order valence-electron chi connectivity index (χ0n) is 12.5. The minimum Gasteiger partial charge on any atom is -0.351 e. The minimum atomic E-state index is -3.54. The van der Waals surface area contributed by atoms with Crippen molar-refractivity contribution in [2.75, 3.05) is 13.1 Å². The number of hydrogen-bond acceptors (Lipinski definition) is 3. The van der Waals surface area contributed by atoms with Gasteiger partial charge in [0.25, 0.3) is 10.0 Å². The lowest BCUT2D eigenvalue weighted by atomic mass is 9.99. The van der Waals surface area contributed by atoms with Crippen LogP contribution in [0.25, 0.3) is 5.57 Å². The Bertz CT molecular complexity index is 915. The number of nitrogens with zero attached hydrogens (tertiary/aromatic N) is 2. The van der Waals surface area contributed by atoms with Crippen LogP contribution in [0.3, 0.4) is 0 Å². The number of hydrogen-bond donors (Lipinski definition) is 0. The largest absolute Gasteiger partial charge is 0.351 e. The molecule has 2 aromatic carbocycles. The normalized spacial score (nSPS) is 19.0. The minimum absolute atomic E-state index is 0.313. The van der Waals surface area contributed by atoms with Gasteiger partial charge in [-0.1, -0.05) is 48.5 Å². The summed E-state index contributed by atoms with van der Waals surface area (Å²) in [5.74, 6) is 0.573. The molecule has 0 radical (unpaired) electrons. The van der Waals surface area contributed by atoms with Crippen LogP contribution in [-0.4, -0.2) is 32.2 Å². The summed E-state index contributed by atoms with van der Waals surface area (Å²) in [7, 11) is -3.54. The van der Waals surface area contributed by atoms with Crippen molar-refractivity contribution in [1.29, 1.82) is 0 Å². The average molecular weight is 324 g/mol. The summed E-state index contributed by atoms with van der Waals surface area (Å²) in [6.07, 6.45) is 3.04. The number of rotatable bonds is 1.